The van der Waals surface area contributed by atoms with Gasteiger partial charge in [-0.25, -0.2) is 0 Å². The van der Waals surface area contributed by atoms with Gasteiger partial charge >= 0.3 is 0 Å². The van der Waals surface area contributed by atoms with Crippen LogP contribution >= 0.6 is 0 Å². The van der Waals surface area contributed by atoms with Crippen LogP contribution in [0, 0.1) is 27.7 Å². The van der Waals surface area contributed by atoms with Gasteiger partial charge in [-0.1, -0.05) is 12.1 Å². The average Bonchev–Trinajstić information content (AvgIpc) is 2.71. The number of pyridine rings is 1. The molecule has 3 heteroatoms. The Kier molecular flexibility index (Phi) is 3.30. The summed E-state index contributed by atoms with van der Waals surface area (Å²) in [4.78, 5) is 4.53. The second-order valence-corrected chi connectivity index (χ2v) is 5.64. The van der Waals surface area contributed by atoms with E-state index in [9.17, 15) is 0 Å². The van der Waals surface area contributed by atoms with Crippen molar-refractivity contribution >= 4 is 10.9 Å². The van der Waals surface area contributed by atoms with Crippen LogP contribution in [0.15, 0.2) is 34.7 Å². The lowest BCUT2D eigenvalue weighted by molar-refractivity contribution is 0.498. The molecule has 0 fully saturated rings. The van der Waals surface area contributed by atoms with Gasteiger partial charge in [0, 0.05) is 16.6 Å². The van der Waals surface area contributed by atoms with Gasteiger partial charge < -0.3 is 10.2 Å². The normalized spacial score (nSPS) is 12.8. The molecule has 108 valence electrons. The number of hydrogen-bond acceptors (Lipinski definition) is 3. The summed E-state index contributed by atoms with van der Waals surface area (Å²) >= 11 is 0. The van der Waals surface area contributed by atoms with Crippen molar-refractivity contribution in [2.45, 2.75) is 33.7 Å². The first kappa shape index (κ1) is 13.8. The van der Waals surface area contributed by atoms with Crippen molar-refractivity contribution in [2.24, 2.45) is 5.73 Å². The molecule has 3 rings (SSSR count). The maximum Gasteiger partial charge on any atom is 0.106 e. The van der Waals surface area contributed by atoms with Crippen LogP contribution in [0.1, 0.15) is 39.9 Å². The average molecular weight is 280 g/mol. The second kappa shape index (κ2) is 5.01. The molecule has 0 bridgehead atoms. The largest absolute Gasteiger partial charge is 0.466 e. The summed E-state index contributed by atoms with van der Waals surface area (Å²) in [5.74, 6) is 1.84. The Morgan fingerprint density at radius 2 is 1.76 bits per heavy atom. The third-order valence-corrected chi connectivity index (χ3v) is 4.14. The van der Waals surface area contributed by atoms with Crippen LogP contribution in [0.25, 0.3) is 10.9 Å². The summed E-state index contributed by atoms with van der Waals surface area (Å²) in [5, 5.41) is 1.11. The van der Waals surface area contributed by atoms with Crippen molar-refractivity contribution in [2.75, 3.05) is 0 Å². The number of nitrogens with zero attached hydrogens (tertiary/aromatic N) is 1. The first-order valence-corrected chi connectivity index (χ1v) is 7.16. The molecule has 3 nitrogen and oxygen atoms in total. The van der Waals surface area contributed by atoms with Gasteiger partial charge in [-0.3, -0.25) is 4.98 Å². The number of furan rings is 1. The highest BCUT2D eigenvalue weighted by Gasteiger charge is 2.19. The second-order valence-electron chi connectivity index (χ2n) is 5.64. The quantitative estimate of drug-likeness (QED) is 0.768. The predicted molar refractivity (Wildman–Crippen MR) is 85.4 cm³/mol. The summed E-state index contributed by atoms with van der Waals surface area (Å²) in [6, 6.07) is 10.2. The summed E-state index contributed by atoms with van der Waals surface area (Å²) in [7, 11) is 0. The molecular weight excluding hydrogens is 260 g/mol. The van der Waals surface area contributed by atoms with Crippen LogP contribution in [0.5, 0.6) is 0 Å². The zero-order chi connectivity index (χ0) is 15.1. The summed E-state index contributed by atoms with van der Waals surface area (Å²) in [5.41, 5.74) is 11.8. The first-order chi connectivity index (χ1) is 9.97. The monoisotopic (exact) mass is 280 g/mol. The van der Waals surface area contributed by atoms with Gasteiger partial charge in [0.15, 0.2) is 0 Å². The van der Waals surface area contributed by atoms with Gasteiger partial charge in [0.25, 0.3) is 0 Å². The molecule has 0 aliphatic carbocycles. The Bertz CT molecular complexity index is 817. The highest BCUT2D eigenvalue weighted by molar-refractivity contribution is 5.79. The molecule has 0 radical (unpaired) electrons. The van der Waals surface area contributed by atoms with Crippen molar-refractivity contribution in [3.8, 4) is 0 Å². The molecule has 0 spiro atoms. The number of aryl methyl sites for hydroxylation is 3. The SMILES string of the molecule is Cc1ccc2cc(C(N)c3c(C)oc(C)c3C)ccc2n1. The third-order valence-electron chi connectivity index (χ3n) is 4.14. The lowest BCUT2D eigenvalue weighted by Gasteiger charge is -2.14. The Balaban J connectivity index is 2.09. The van der Waals surface area contributed by atoms with Crippen LogP contribution in [0.3, 0.4) is 0 Å². The Hall–Kier alpha value is -2.13. The number of hydrogen-bond donors (Lipinski definition) is 1. The third kappa shape index (κ3) is 2.34. The molecular formula is C18H20N2O. The maximum atomic E-state index is 6.47. The number of nitrogens with two attached hydrogens (primary N) is 1. The molecule has 2 N–H and O–H groups in total. The zero-order valence-electron chi connectivity index (χ0n) is 12.9. The van der Waals surface area contributed by atoms with Gasteiger partial charge in [0.1, 0.15) is 11.5 Å². The standard InChI is InChI=1S/C18H20N2O/c1-10-5-6-14-9-15(7-8-16(14)20-10)18(19)17-11(2)12(3)21-13(17)4/h5-9,18H,19H2,1-4H3. The van der Waals surface area contributed by atoms with E-state index in [0.717, 1.165) is 44.8 Å². The molecule has 2 aromatic heterocycles. The van der Waals surface area contributed by atoms with E-state index >= 15 is 0 Å². The minimum atomic E-state index is -0.173. The van der Waals surface area contributed by atoms with Crippen LogP contribution in [-0.4, -0.2) is 4.98 Å². The van der Waals surface area contributed by atoms with E-state index in [2.05, 4.69) is 30.1 Å². The van der Waals surface area contributed by atoms with Crippen LogP contribution in [0.2, 0.25) is 0 Å². The summed E-state index contributed by atoms with van der Waals surface area (Å²) in [6.07, 6.45) is 0. The summed E-state index contributed by atoms with van der Waals surface area (Å²) < 4.78 is 5.70. The molecule has 3 aromatic rings. The lowest BCUT2D eigenvalue weighted by Crippen LogP contribution is -2.13. The molecule has 0 aliphatic rings. The highest BCUT2D eigenvalue weighted by atomic mass is 16.3. The molecule has 0 saturated carbocycles. The Morgan fingerprint density at radius 3 is 2.43 bits per heavy atom. The van der Waals surface area contributed by atoms with Crippen LogP contribution in [-0.2, 0) is 0 Å². The highest BCUT2D eigenvalue weighted by Crippen LogP contribution is 2.31. The minimum absolute atomic E-state index is 0.173. The molecule has 1 atom stereocenters. The number of benzene rings is 1. The fourth-order valence-electron chi connectivity index (χ4n) is 2.87. The number of aromatic nitrogens is 1. The van der Waals surface area contributed by atoms with Gasteiger partial charge in [-0.05, 0) is 57.0 Å². The lowest BCUT2D eigenvalue weighted by atomic mass is 9.95. The van der Waals surface area contributed by atoms with E-state index in [0.29, 0.717) is 0 Å². The molecule has 2 heterocycles. The minimum Gasteiger partial charge on any atom is -0.466 e. The molecule has 21 heavy (non-hydrogen) atoms. The number of rotatable bonds is 2. The van der Waals surface area contributed by atoms with Crippen molar-refractivity contribution < 1.29 is 4.42 Å². The van der Waals surface area contributed by atoms with E-state index in [-0.39, 0.29) is 6.04 Å². The first-order valence-electron chi connectivity index (χ1n) is 7.16. The molecule has 0 saturated heterocycles. The van der Waals surface area contributed by atoms with E-state index < -0.39 is 0 Å². The van der Waals surface area contributed by atoms with Crippen molar-refractivity contribution in [3.05, 3.63) is 64.2 Å². The Labute approximate surface area is 124 Å². The fourth-order valence-corrected chi connectivity index (χ4v) is 2.87. The smallest absolute Gasteiger partial charge is 0.106 e. The molecule has 1 aromatic carbocycles. The maximum absolute atomic E-state index is 6.47. The molecule has 1 unspecified atom stereocenters. The van der Waals surface area contributed by atoms with Gasteiger partial charge in [-0.2, -0.15) is 0 Å². The van der Waals surface area contributed by atoms with Crippen molar-refractivity contribution in [1.29, 1.82) is 0 Å². The van der Waals surface area contributed by atoms with Crippen molar-refractivity contribution in [3.63, 3.8) is 0 Å². The van der Waals surface area contributed by atoms with Crippen LogP contribution < -0.4 is 5.73 Å². The van der Waals surface area contributed by atoms with E-state index in [4.69, 9.17) is 10.2 Å². The molecule has 0 aliphatic heterocycles. The topological polar surface area (TPSA) is 52.0 Å². The van der Waals surface area contributed by atoms with Gasteiger partial charge in [-0.15, -0.1) is 0 Å². The van der Waals surface area contributed by atoms with Gasteiger partial charge in [0.05, 0.1) is 11.6 Å². The number of fused-ring (bicyclic) bond motifs is 1. The zero-order valence-corrected chi connectivity index (χ0v) is 12.9. The predicted octanol–water partition coefficient (Wildman–Crippen LogP) is 4.11. The van der Waals surface area contributed by atoms with Crippen LogP contribution in [0.4, 0.5) is 0 Å². The van der Waals surface area contributed by atoms with Crippen molar-refractivity contribution in [1.82, 2.24) is 4.98 Å². The Morgan fingerprint density at radius 1 is 1.00 bits per heavy atom. The van der Waals surface area contributed by atoms with Gasteiger partial charge in [0.2, 0.25) is 0 Å². The fraction of sp³-hybridized carbons (Fsp3) is 0.278. The van der Waals surface area contributed by atoms with E-state index in [1.54, 1.807) is 0 Å². The van der Waals surface area contributed by atoms with E-state index in [1.165, 1.54) is 0 Å². The van der Waals surface area contributed by atoms with E-state index in [1.807, 2.05) is 32.9 Å². The summed E-state index contributed by atoms with van der Waals surface area (Å²) in [6.45, 7) is 8.01. The molecule has 0 amide bonds.